The lowest BCUT2D eigenvalue weighted by Gasteiger charge is -2.22. The maximum atomic E-state index is 6.21. The first kappa shape index (κ1) is 13.9. The number of methoxy groups -OCH3 is 1. The zero-order valence-electron chi connectivity index (χ0n) is 12.6. The molecular weight excluding hydrogens is 276 g/mol. The fraction of sp³-hybridized carbons (Fsp3) is 0.368. The summed E-state index contributed by atoms with van der Waals surface area (Å²) in [6, 6.07) is 20.8. The smallest absolute Gasteiger partial charge is 0.164 e. The van der Waals surface area contributed by atoms with Crippen molar-refractivity contribution < 1.29 is 14.2 Å². The number of hydrogen-bond donors (Lipinski definition) is 0. The molecule has 2 aliphatic rings. The molecular formula is C19H20O3. The quantitative estimate of drug-likeness (QED) is 0.863. The molecule has 5 atom stereocenters. The molecule has 0 spiro atoms. The van der Waals surface area contributed by atoms with Gasteiger partial charge in [0.2, 0.25) is 0 Å². The highest BCUT2D eigenvalue weighted by Crippen LogP contribution is 2.53. The van der Waals surface area contributed by atoms with E-state index in [1.165, 1.54) is 11.1 Å². The Morgan fingerprint density at radius 1 is 0.864 bits per heavy atom. The largest absolute Gasteiger partial charge is 0.373 e. The van der Waals surface area contributed by atoms with E-state index in [1.54, 1.807) is 7.11 Å². The van der Waals surface area contributed by atoms with Crippen molar-refractivity contribution in [1.29, 1.82) is 0 Å². The van der Waals surface area contributed by atoms with Crippen LogP contribution in [0.25, 0.3) is 0 Å². The summed E-state index contributed by atoms with van der Waals surface area (Å²) in [4.78, 5) is 0. The second-order valence-electron chi connectivity index (χ2n) is 5.98. The van der Waals surface area contributed by atoms with Crippen molar-refractivity contribution in [2.24, 2.45) is 11.8 Å². The molecule has 2 fully saturated rings. The van der Waals surface area contributed by atoms with E-state index in [2.05, 4.69) is 48.5 Å². The highest BCUT2D eigenvalue weighted by atomic mass is 16.7. The van der Waals surface area contributed by atoms with E-state index in [0.717, 1.165) is 0 Å². The van der Waals surface area contributed by atoms with Gasteiger partial charge < -0.3 is 14.2 Å². The maximum Gasteiger partial charge on any atom is 0.164 e. The zero-order chi connectivity index (χ0) is 14.9. The van der Waals surface area contributed by atoms with Gasteiger partial charge in [-0.25, -0.2) is 0 Å². The summed E-state index contributed by atoms with van der Waals surface area (Å²) in [5.41, 5.74) is 2.41. The molecule has 0 amide bonds. The van der Waals surface area contributed by atoms with Crippen LogP contribution in [0.1, 0.15) is 23.3 Å². The number of benzene rings is 2. The third-order valence-electron chi connectivity index (χ3n) is 4.78. The first-order valence-corrected chi connectivity index (χ1v) is 7.78. The Kier molecular flexibility index (Phi) is 3.70. The average Bonchev–Trinajstić information content (AvgIpc) is 3.16. The molecule has 2 heterocycles. The minimum absolute atomic E-state index is 0.0462. The van der Waals surface area contributed by atoms with E-state index in [-0.39, 0.29) is 24.4 Å². The second kappa shape index (κ2) is 5.84. The lowest BCUT2D eigenvalue weighted by molar-refractivity contribution is -0.153. The van der Waals surface area contributed by atoms with Crippen molar-refractivity contribution in [2.75, 3.05) is 13.7 Å². The number of fused-ring (bicyclic) bond motifs is 1. The fourth-order valence-electron chi connectivity index (χ4n) is 3.77. The Balaban J connectivity index is 1.65. The molecule has 0 saturated carbocycles. The normalized spacial score (nSPS) is 33.8. The average molecular weight is 296 g/mol. The highest BCUT2D eigenvalue weighted by molar-refractivity contribution is 5.24. The maximum absolute atomic E-state index is 6.21. The van der Waals surface area contributed by atoms with Crippen LogP contribution in [0.15, 0.2) is 60.7 Å². The van der Waals surface area contributed by atoms with Crippen molar-refractivity contribution in [2.45, 2.75) is 18.5 Å². The predicted molar refractivity (Wildman–Crippen MR) is 83.2 cm³/mol. The Bertz CT molecular complexity index is 576. The first-order valence-electron chi connectivity index (χ1n) is 7.78. The monoisotopic (exact) mass is 296 g/mol. The molecule has 0 unspecified atom stereocenters. The van der Waals surface area contributed by atoms with Crippen LogP contribution in [0, 0.1) is 11.8 Å². The standard InChI is InChI=1S/C19H20O3/c1-20-19-16-15(17(22-19)13-8-4-2-5-9-13)12-21-18(16)14-10-6-3-7-11-14/h2-11,15-19H,12H2,1H3/t15-,16-,17-,18-,19+/m0/s1. The first-order chi connectivity index (χ1) is 10.9. The summed E-state index contributed by atoms with van der Waals surface area (Å²) in [6.45, 7) is 0.712. The lowest BCUT2D eigenvalue weighted by Crippen LogP contribution is -2.24. The summed E-state index contributed by atoms with van der Waals surface area (Å²) < 4.78 is 18.0. The van der Waals surface area contributed by atoms with Gasteiger partial charge in [0.1, 0.15) is 0 Å². The Morgan fingerprint density at radius 3 is 2.05 bits per heavy atom. The summed E-state index contributed by atoms with van der Waals surface area (Å²) in [7, 11) is 1.72. The Morgan fingerprint density at radius 2 is 1.45 bits per heavy atom. The number of hydrogen-bond acceptors (Lipinski definition) is 3. The molecule has 0 aliphatic carbocycles. The summed E-state index contributed by atoms with van der Waals surface area (Å²) in [5.74, 6) is 0.565. The summed E-state index contributed by atoms with van der Waals surface area (Å²) >= 11 is 0. The number of ether oxygens (including phenoxy) is 3. The van der Waals surface area contributed by atoms with Crippen molar-refractivity contribution in [3.8, 4) is 0 Å². The molecule has 22 heavy (non-hydrogen) atoms. The third-order valence-corrected chi connectivity index (χ3v) is 4.78. The van der Waals surface area contributed by atoms with Crippen LogP contribution in [0.3, 0.4) is 0 Å². The van der Waals surface area contributed by atoms with Gasteiger partial charge in [0.15, 0.2) is 6.29 Å². The van der Waals surface area contributed by atoms with Crippen LogP contribution < -0.4 is 0 Å². The van der Waals surface area contributed by atoms with Crippen molar-refractivity contribution >= 4 is 0 Å². The van der Waals surface area contributed by atoms with Gasteiger partial charge in [-0.15, -0.1) is 0 Å². The molecule has 2 aromatic carbocycles. The topological polar surface area (TPSA) is 27.7 Å². The van der Waals surface area contributed by atoms with Crippen molar-refractivity contribution in [3.05, 3.63) is 71.8 Å². The molecule has 2 aromatic rings. The van der Waals surface area contributed by atoms with Crippen LogP contribution in [0.5, 0.6) is 0 Å². The van der Waals surface area contributed by atoms with Gasteiger partial charge >= 0.3 is 0 Å². The van der Waals surface area contributed by atoms with Gasteiger partial charge in [-0.3, -0.25) is 0 Å². The molecule has 3 nitrogen and oxygen atoms in total. The van der Waals surface area contributed by atoms with Crippen LogP contribution in [-0.4, -0.2) is 20.0 Å². The minimum atomic E-state index is -0.220. The molecule has 0 radical (unpaired) electrons. The van der Waals surface area contributed by atoms with Crippen LogP contribution >= 0.6 is 0 Å². The molecule has 2 aliphatic heterocycles. The number of rotatable bonds is 3. The van der Waals surface area contributed by atoms with Gasteiger partial charge in [0.05, 0.1) is 18.8 Å². The van der Waals surface area contributed by atoms with Gasteiger partial charge in [-0.05, 0) is 11.1 Å². The van der Waals surface area contributed by atoms with E-state index in [0.29, 0.717) is 12.5 Å². The van der Waals surface area contributed by atoms with Gasteiger partial charge in [-0.1, -0.05) is 60.7 Å². The lowest BCUT2D eigenvalue weighted by atomic mass is 9.84. The second-order valence-corrected chi connectivity index (χ2v) is 5.98. The van der Waals surface area contributed by atoms with E-state index in [4.69, 9.17) is 14.2 Å². The summed E-state index contributed by atoms with van der Waals surface area (Å²) in [6.07, 6.45) is -0.127. The zero-order valence-corrected chi connectivity index (χ0v) is 12.6. The Labute approximate surface area is 130 Å². The molecule has 3 heteroatoms. The van der Waals surface area contributed by atoms with Gasteiger partial charge in [0, 0.05) is 18.9 Å². The third kappa shape index (κ3) is 2.26. The molecule has 114 valence electrons. The van der Waals surface area contributed by atoms with Crippen molar-refractivity contribution in [1.82, 2.24) is 0 Å². The van der Waals surface area contributed by atoms with E-state index in [1.807, 2.05) is 12.1 Å². The van der Waals surface area contributed by atoms with Gasteiger partial charge in [0.25, 0.3) is 0 Å². The Hall–Kier alpha value is -1.68. The fourth-order valence-corrected chi connectivity index (χ4v) is 3.77. The molecule has 2 saturated heterocycles. The van der Waals surface area contributed by atoms with Crippen LogP contribution in [-0.2, 0) is 14.2 Å². The molecule has 4 rings (SSSR count). The van der Waals surface area contributed by atoms with Gasteiger partial charge in [-0.2, -0.15) is 0 Å². The molecule has 0 bridgehead atoms. The molecule has 0 N–H and O–H groups in total. The summed E-state index contributed by atoms with van der Waals surface area (Å²) in [5, 5.41) is 0. The van der Waals surface area contributed by atoms with Crippen LogP contribution in [0.4, 0.5) is 0 Å². The van der Waals surface area contributed by atoms with E-state index < -0.39 is 0 Å². The van der Waals surface area contributed by atoms with E-state index in [9.17, 15) is 0 Å². The van der Waals surface area contributed by atoms with Crippen LogP contribution in [0.2, 0.25) is 0 Å². The van der Waals surface area contributed by atoms with E-state index >= 15 is 0 Å². The van der Waals surface area contributed by atoms with Crippen molar-refractivity contribution in [3.63, 3.8) is 0 Å². The minimum Gasteiger partial charge on any atom is -0.373 e. The molecule has 0 aromatic heterocycles. The SMILES string of the molecule is CO[C@@H]1O[C@@H](c2ccccc2)[C@H]2CO[C@@H](c3ccccc3)[C@@H]12. The highest BCUT2D eigenvalue weighted by Gasteiger charge is 2.53. The predicted octanol–water partition coefficient (Wildman–Crippen LogP) is 3.73.